The molecular formula is C12H24F2N4O2S. The number of aliphatic imine (C=N–C) groups is 1. The van der Waals surface area contributed by atoms with Crippen molar-refractivity contribution in [3.05, 3.63) is 0 Å². The molecule has 0 bridgehead atoms. The van der Waals surface area contributed by atoms with E-state index in [-0.39, 0.29) is 19.0 Å². The molecule has 6 nitrogen and oxygen atoms in total. The van der Waals surface area contributed by atoms with Gasteiger partial charge >= 0.3 is 5.76 Å². The summed E-state index contributed by atoms with van der Waals surface area (Å²) in [5.74, 6) is -2.38. The fourth-order valence-electron chi connectivity index (χ4n) is 2.19. The molecule has 1 heterocycles. The van der Waals surface area contributed by atoms with Crippen molar-refractivity contribution in [1.29, 1.82) is 0 Å². The molecule has 0 radical (unpaired) electrons. The molecule has 0 saturated carbocycles. The molecule has 124 valence electrons. The summed E-state index contributed by atoms with van der Waals surface area (Å²) in [6.07, 6.45) is 1.11. The molecule has 0 atom stereocenters. The largest absolute Gasteiger partial charge is 0.357 e. The van der Waals surface area contributed by atoms with E-state index in [1.165, 1.54) is 0 Å². The van der Waals surface area contributed by atoms with E-state index >= 15 is 0 Å². The Kier molecular flexibility index (Phi) is 7.30. The number of nitrogens with zero attached hydrogens (tertiary/aromatic N) is 2. The summed E-state index contributed by atoms with van der Waals surface area (Å²) in [4.78, 5) is 4.43. The van der Waals surface area contributed by atoms with E-state index in [0.717, 1.165) is 23.4 Å². The molecule has 21 heavy (non-hydrogen) atoms. The molecule has 0 amide bonds. The van der Waals surface area contributed by atoms with Gasteiger partial charge in [-0.3, -0.25) is 4.99 Å². The van der Waals surface area contributed by atoms with E-state index in [9.17, 15) is 17.2 Å². The van der Waals surface area contributed by atoms with Gasteiger partial charge in [0.1, 0.15) is 0 Å². The second kappa shape index (κ2) is 8.47. The van der Waals surface area contributed by atoms with Crippen molar-refractivity contribution in [2.75, 3.05) is 32.7 Å². The Balaban J connectivity index is 2.48. The topological polar surface area (TPSA) is 73.8 Å². The Bertz CT molecular complexity index is 427. The van der Waals surface area contributed by atoms with Gasteiger partial charge in [-0.15, -0.1) is 0 Å². The Morgan fingerprint density at radius 3 is 2.19 bits per heavy atom. The van der Waals surface area contributed by atoms with Gasteiger partial charge in [-0.1, -0.05) is 0 Å². The van der Waals surface area contributed by atoms with Crippen LogP contribution in [-0.4, -0.2) is 57.2 Å². The highest BCUT2D eigenvalue weighted by molar-refractivity contribution is 7.89. The lowest BCUT2D eigenvalue weighted by Gasteiger charge is -2.30. The van der Waals surface area contributed by atoms with E-state index < -0.39 is 15.8 Å². The van der Waals surface area contributed by atoms with Crippen molar-refractivity contribution in [2.45, 2.75) is 32.4 Å². The first kappa shape index (κ1) is 18.1. The maximum atomic E-state index is 12.4. The van der Waals surface area contributed by atoms with E-state index in [4.69, 9.17) is 0 Å². The van der Waals surface area contributed by atoms with Crippen LogP contribution >= 0.6 is 0 Å². The number of piperidine rings is 1. The summed E-state index contributed by atoms with van der Waals surface area (Å²) >= 11 is 0. The van der Waals surface area contributed by atoms with Crippen LogP contribution in [0.1, 0.15) is 26.7 Å². The lowest BCUT2D eigenvalue weighted by atomic mass is 9.98. The Morgan fingerprint density at radius 1 is 1.24 bits per heavy atom. The molecule has 1 rings (SSSR count). The van der Waals surface area contributed by atoms with Crippen LogP contribution in [0.15, 0.2) is 4.99 Å². The van der Waals surface area contributed by atoms with Gasteiger partial charge in [0.15, 0.2) is 5.96 Å². The van der Waals surface area contributed by atoms with Crippen molar-refractivity contribution in [3.63, 3.8) is 0 Å². The molecule has 1 saturated heterocycles. The van der Waals surface area contributed by atoms with Gasteiger partial charge in [0.2, 0.25) is 0 Å². The summed E-state index contributed by atoms with van der Waals surface area (Å²) in [6.45, 7) is 6.32. The first-order chi connectivity index (χ1) is 9.91. The normalized spacial score (nSPS) is 17.8. The number of sulfonamides is 1. The van der Waals surface area contributed by atoms with Crippen LogP contribution in [0, 0.1) is 5.92 Å². The number of hydrogen-bond acceptors (Lipinski definition) is 3. The van der Waals surface area contributed by atoms with Crippen LogP contribution in [-0.2, 0) is 10.0 Å². The van der Waals surface area contributed by atoms with Crippen LogP contribution in [0.3, 0.4) is 0 Å². The Labute approximate surface area is 125 Å². The standard InChI is InChI=1S/C12H24F2N4O2S/c1-3-15-12(16-4-2)17-9-10-5-7-18(8-6-10)21(19,20)11(13)14/h10-11H,3-9H2,1-2H3,(H2,15,16,17). The Hall–Kier alpha value is -0.960. The summed E-state index contributed by atoms with van der Waals surface area (Å²) in [7, 11) is -4.43. The molecule has 0 aromatic rings. The van der Waals surface area contributed by atoms with E-state index in [0.29, 0.717) is 19.4 Å². The molecule has 1 aliphatic rings. The molecule has 1 aliphatic heterocycles. The van der Waals surface area contributed by atoms with Crippen molar-refractivity contribution < 1.29 is 17.2 Å². The van der Waals surface area contributed by atoms with E-state index in [2.05, 4.69) is 15.6 Å². The minimum absolute atomic E-state index is 0.143. The van der Waals surface area contributed by atoms with Crippen molar-refractivity contribution >= 4 is 16.0 Å². The lowest BCUT2D eigenvalue weighted by Crippen LogP contribution is -2.42. The molecule has 1 fully saturated rings. The zero-order valence-corrected chi connectivity index (χ0v) is 13.3. The predicted molar refractivity (Wildman–Crippen MR) is 78.9 cm³/mol. The zero-order valence-electron chi connectivity index (χ0n) is 12.5. The average Bonchev–Trinajstić information content (AvgIpc) is 2.45. The summed E-state index contributed by atoms with van der Waals surface area (Å²) in [5, 5.41) is 6.21. The monoisotopic (exact) mass is 326 g/mol. The highest BCUT2D eigenvalue weighted by atomic mass is 32.2. The summed E-state index contributed by atoms with van der Waals surface area (Å²) in [6, 6.07) is 0. The highest BCUT2D eigenvalue weighted by Crippen LogP contribution is 2.22. The van der Waals surface area contributed by atoms with Crippen molar-refractivity contribution in [3.8, 4) is 0 Å². The molecule has 9 heteroatoms. The molecule has 0 unspecified atom stereocenters. The number of hydrogen-bond donors (Lipinski definition) is 2. The number of alkyl halides is 2. The van der Waals surface area contributed by atoms with Crippen LogP contribution in [0.25, 0.3) is 0 Å². The average molecular weight is 326 g/mol. The Morgan fingerprint density at radius 2 is 1.76 bits per heavy atom. The number of rotatable bonds is 6. The second-order valence-corrected chi connectivity index (χ2v) is 6.80. The minimum atomic E-state index is -4.43. The van der Waals surface area contributed by atoms with Gasteiger partial charge in [0.05, 0.1) is 0 Å². The van der Waals surface area contributed by atoms with Crippen molar-refractivity contribution in [1.82, 2.24) is 14.9 Å². The van der Waals surface area contributed by atoms with Gasteiger partial charge in [-0.05, 0) is 32.6 Å². The van der Waals surface area contributed by atoms with Crippen LogP contribution in [0.4, 0.5) is 8.78 Å². The summed E-state index contributed by atoms with van der Waals surface area (Å²) in [5.41, 5.74) is 0. The third-order valence-electron chi connectivity index (χ3n) is 3.35. The first-order valence-corrected chi connectivity index (χ1v) is 8.71. The number of guanidine groups is 1. The van der Waals surface area contributed by atoms with Crippen LogP contribution in [0.2, 0.25) is 0 Å². The number of halogens is 2. The third-order valence-corrected chi connectivity index (χ3v) is 4.89. The first-order valence-electron chi connectivity index (χ1n) is 7.21. The predicted octanol–water partition coefficient (Wildman–Crippen LogP) is 0.826. The fourth-order valence-corrected chi connectivity index (χ4v) is 3.13. The smallest absolute Gasteiger partial charge is 0.350 e. The molecule has 0 aromatic carbocycles. The molecular weight excluding hydrogens is 302 g/mol. The van der Waals surface area contributed by atoms with E-state index in [1.54, 1.807) is 0 Å². The van der Waals surface area contributed by atoms with Gasteiger partial charge in [-0.25, -0.2) is 8.42 Å². The number of nitrogens with one attached hydrogen (secondary N) is 2. The molecule has 2 N–H and O–H groups in total. The lowest BCUT2D eigenvalue weighted by molar-refractivity contribution is 0.205. The van der Waals surface area contributed by atoms with E-state index in [1.807, 2.05) is 13.8 Å². The minimum Gasteiger partial charge on any atom is -0.357 e. The highest BCUT2D eigenvalue weighted by Gasteiger charge is 2.34. The maximum absolute atomic E-state index is 12.4. The van der Waals surface area contributed by atoms with Crippen LogP contribution < -0.4 is 10.6 Å². The third kappa shape index (κ3) is 5.39. The quantitative estimate of drug-likeness (QED) is 0.560. The van der Waals surface area contributed by atoms with Gasteiger partial charge < -0.3 is 10.6 Å². The zero-order chi connectivity index (χ0) is 15.9. The molecule has 0 aliphatic carbocycles. The van der Waals surface area contributed by atoms with Gasteiger partial charge in [0, 0.05) is 32.7 Å². The second-order valence-electron chi connectivity index (χ2n) is 4.90. The van der Waals surface area contributed by atoms with Crippen LogP contribution in [0.5, 0.6) is 0 Å². The maximum Gasteiger partial charge on any atom is 0.350 e. The molecule has 0 spiro atoms. The fraction of sp³-hybridized carbons (Fsp3) is 0.917. The van der Waals surface area contributed by atoms with Gasteiger partial charge in [-0.2, -0.15) is 13.1 Å². The SMILES string of the molecule is CCNC(=NCC1CCN(S(=O)(=O)C(F)F)CC1)NCC. The molecule has 0 aromatic heterocycles. The summed E-state index contributed by atoms with van der Waals surface area (Å²) < 4.78 is 48.5. The van der Waals surface area contributed by atoms with Crippen molar-refractivity contribution in [2.24, 2.45) is 10.9 Å². The van der Waals surface area contributed by atoms with Gasteiger partial charge in [0.25, 0.3) is 10.0 Å².